The summed E-state index contributed by atoms with van der Waals surface area (Å²) < 4.78 is 27.7. The van der Waals surface area contributed by atoms with Gasteiger partial charge in [0.15, 0.2) is 0 Å². The first-order chi connectivity index (χ1) is 9.56. The highest BCUT2D eigenvalue weighted by molar-refractivity contribution is 7.85. The van der Waals surface area contributed by atoms with Crippen LogP contribution in [0.5, 0.6) is 0 Å². The molecular formula is C15H11ClFNOS. The van der Waals surface area contributed by atoms with E-state index in [1.165, 1.54) is 12.1 Å². The zero-order valence-corrected chi connectivity index (χ0v) is 12.2. The number of hydrogen-bond donors (Lipinski definition) is 0. The topological polar surface area (TPSA) is 22.0 Å². The van der Waals surface area contributed by atoms with Crippen LogP contribution in [0, 0.1) is 5.82 Å². The molecule has 0 aliphatic heterocycles. The maximum Gasteiger partial charge on any atom is 0.125 e. The molecule has 1 heterocycles. The fourth-order valence-corrected chi connectivity index (χ4v) is 3.54. The van der Waals surface area contributed by atoms with Crippen LogP contribution in [0.2, 0.25) is 5.02 Å². The Morgan fingerprint density at radius 1 is 1.15 bits per heavy atom. The molecule has 5 heteroatoms. The second-order valence-corrected chi connectivity index (χ2v) is 6.37. The van der Waals surface area contributed by atoms with E-state index in [0.717, 1.165) is 10.9 Å². The zero-order valence-electron chi connectivity index (χ0n) is 10.6. The quantitative estimate of drug-likeness (QED) is 0.697. The lowest BCUT2D eigenvalue weighted by molar-refractivity contribution is 0.629. The van der Waals surface area contributed by atoms with Crippen molar-refractivity contribution >= 4 is 33.3 Å². The van der Waals surface area contributed by atoms with E-state index in [1.54, 1.807) is 41.1 Å². The zero-order chi connectivity index (χ0) is 14.3. The number of fused-ring (bicyclic) bond motifs is 1. The van der Waals surface area contributed by atoms with Crippen molar-refractivity contribution < 1.29 is 8.60 Å². The van der Waals surface area contributed by atoms with Crippen molar-refractivity contribution in [3.8, 4) is 0 Å². The van der Waals surface area contributed by atoms with Gasteiger partial charge in [-0.05, 0) is 42.5 Å². The van der Waals surface area contributed by atoms with E-state index in [2.05, 4.69) is 0 Å². The third-order valence-electron chi connectivity index (χ3n) is 3.14. The number of benzene rings is 2. The molecule has 0 aliphatic carbocycles. The minimum Gasteiger partial charge on any atom is -0.349 e. The van der Waals surface area contributed by atoms with Crippen molar-refractivity contribution in [3.63, 3.8) is 0 Å². The first kappa shape index (κ1) is 13.3. The van der Waals surface area contributed by atoms with Crippen LogP contribution in [0.1, 0.15) is 0 Å². The molecule has 0 aliphatic rings. The molecule has 0 fully saturated rings. The Morgan fingerprint density at radius 3 is 2.55 bits per heavy atom. The Kier molecular flexibility index (Phi) is 3.36. The third-order valence-corrected chi connectivity index (χ3v) is 4.82. The summed E-state index contributed by atoms with van der Waals surface area (Å²) in [6.45, 7) is 0. The van der Waals surface area contributed by atoms with Crippen molar-refractivity contribution in [1.82, 2.24) is 4.57 Å². The molecule has 0 spiro atoms. The number of hydrogen-bond acceptors (Lipinski definition) is 1. The molecule has 0 bridgehead atoms. The Bertz CT molecular complexity index is 811. The Labute approximate surface area is 123 Å². The van der Waals surface area contributed by atoms with Crippen LogP contribution in [-0.4, -0.2) is 8.78 Å². The summed E-state index contributed by atoms with van der Waals surface area (Å²) in [6, 6.07) is 11.4. The van der Waals surface area contributed by atoms with Crippen molar-refractivity contribution in [1.29, 1.82) is 0 Å². The number of halogens is 2. The van der Waals surface area contributed by atoms with E-state index in [4.69, 9.17) is 11.6 Å². The monoisotopic (exact) mass is 307 g/mol. The van der Waals surface area contributed by atoms with E-state index in [0.29, 0.717) is 14.8 Å². The van der Waals surface area contributed by atoms with Gasteiger partial charge in [-0.25, -0.2) is 8.60 Å². The molecule has 2 nitrogen and oxygen atoms in total. The van der Waals surface area contributed by atoms with Gasteiger partial charge in [0, 0.05) is 28.5 Å². The van der Waals surface area contributed by atoms with Gasteiger partial charge in [-0.15, -0.1) is 0 Å². The lowest BCUT2D eigenvalue weighted by atomic mass is 10.2. The minimum atomic E-state index is -1.32. The normalized spacial score (nSPS) is 12.8. The number of aromatic nitrogens is 1. The summed E-state index contributed by atoms with van der Waals surface area (Å²) in [4.78, 5) is 1.34. The molecule has 102 valence electrons. The van der Waals surface area contributed by atoms with Crippen molar-refractivity contribution in [3.05, 3.63) is 59.5 Å². The van der Waals surface area contributed by atoms with Crippen LogP contribution in [0.3, 0.4) is 0 Å². The first-order valence-corrected chi connectivity index (χ1v) is 7.51. The van der Waals surface area contributed by atoms with Crippen molar-refractivity contribution in [2.45, 2.75) is 9.79 Å². The van der Waals surface area contributed by atoms with Gasteiger partial charge in [-0.1, -0.05) is 11.6 Å². The Morgan fingerprint density at radius 2 is 1.85 bits per heavy atom. The highest BCUT2D eigenvalue weighted by atomic mass is 35.5. The summed E-state index contributed by atoms with van der Waals surface area (Å²) in [7, 11) is 0.493. The average Bonchev–Trinajstić information content (AvgIpc) is 2.76. The maximum atomic E-state index is 13.3. The van der Waals surface area contributed by atoms with Crippen molar-refractivity contribution in [2.75, 3.05) is 0 Å². The van der Waals surface area contributed by atoms with Crippen LogP contribution >= 0.6 is 11.6 Å². The van der Waals surface area contributed by atoms with E-state index in [1.807, 2.05) is 7.05 Å². The number of aryl methyl sites for hydroxylation is 1. The molecule has 1 aromatic heterocycles. The minimum absolute atomic E-state index is 0.303. The van der Waals surface area contributed by atoms with Crippen LogP contribution in [-0.2, 0) is 17.8 Å². The van der Waals surface area contributed by atoms with Gasteiger partial charge in [-0.2, -0.15) is 0 Å². The second kappa shape index (κ2) is 5.04. The molecule has 0 amide bonds. The average molecular weight is 308 g/mol. The Hall–Kier alpha value is -1.65. The van der Waals surface area contributed by atoms with Gasteiger partial charge in [0.25, 0.3) is 0 Å². The molecule has 0 saturated heterocycles. The lowest BCUT2D eigenvalue weighted by Crippen LogP contribution is -1.91. The molecule has 2 aromatic carbocycles. The fraction of sp³-hybridized carbons (Fsp3) is 0.0667. The maximum absolute atomic E-state index is 13.3. The summed E-state index contributed by atoms with van der Waals surface area (Å²) >= 11 is 5.83. The highest BCUT2D eigenvalue weighted by Crippen LogP contribution is 2.28. The van der Waals surface area contributed by atoms with Gasteiger partial charge in [0.1, 0.15) is 5.82 Å². The summed E-state index contributed by atoms with van der Waals surface area (Å²) in [5, 5.41) is 1.40. The molecular weight excluding hydrogens is 297 g/mol. The predicted octanol–water partition coefficient (Wildman–Crippen LogP) is 4.14. The second-order valence-electron chi connectivity index (χ2n) is 4.49. The smallest absolute Gasteiger partial charge is 0.125 e. The number of nitrogens with zero attached hydrogens (tertiary/aromatic N) is 1. The van der Waals surface area contributed by atoms with Gasteiger partial charge in [0.2, 0.25) is 0 Å². The summed E-state index contributed by atoms with van der Waals surface area (Å²) in [5.74, 6) is -0.303. The lowest BCUT2D eigenvalue weighted by Gasteiger charge is -2.01. The van der Waals surface area contributed by atoms with Crippen LogP contribution in [0.25, 0.3) is 10.9 Å². The molecule has 0 radical (unpaired) electrons. The summed E-state index contributed by atoms with van der Waals surface area (Å²) in [5.41, 5.74) is 0.724. The van der Waals surface area contributed by atoms with Gasteiger partial charge in [-0.3, -0.25) is 0 Å². The highest BCUT2D eigenvalue weighted by Gasteiger charge is 2.14. The van der Waals surface area contributed by atoms with E-state index in [-0.39, 0.29) is 5.82 Å². The van der Waals surface area contributed by atoms with E-state index in [9.17, 15) is 8.60 Å². The van der Waals surface area contributed by atoms with Gasteiger partial charge < -0.3 is 4.57 Å². The molecule has 0 N–H and O–H groups in total. The van der Waals surface area contributed by atoms with Crippen LogP contribution < -0.4 is 0 Å². The van der Waals surface area contributed by atoms with Crippen LogP contribution in [0.15, 0.2) is 58.5 Å². The first-order valence-electron chi connectivity index (χ1n) is 5.98. The van der Waals surface area contributed by atoms with Crippen LogP contribution in [0.4, 0.5) is 4.39 Å². The number of rotatable bonds is 2. The third kappa shape index (κ3) is 2.25. The molecule has 20 heavy (non-hydrogen) atoms. The van der Waals surface area contributed by atoms with E-state index < -0.39 is 10.8 Å². The molecule has 1 atom stereocenters. The van der Waals surface area contributed by atoms with Gasteiger partial charge >= 0.3 is 0 Å². The Balaban J connectivity index is 2.15. The van der Waals surface area contributed by atoms with Crippen molar-refractivity contribution in [2.24, 2.45) is 7.05 Å². The predicted molar refractivity (Wildman–Crippen MR) is 79.0 cm³/mol. The standard InChI is InChI=1S/C15H11ClFNOS/c1-18-9-15(13-7-4-11(17)8-14(13)18)20(19)12-5-2-10(16)3-6-12/h2-9H,1H3. The molecule has 3 rings (SSSR count). The van der Waals surface area contributed by atoms with E-state index >= 15 is 0 Å². The van der Waals surface area contributed by atoms with Gasteiger partial charge in [0.05, 0.1) is 21.2 Å². The summed E-state index contributed by atoms with van der Waals surface area (Å²) in [6.07, 6.45) is 1.77. The fourth-order valence-electron chi connectivity index (χ4n) is 2.15. The molecule has 1 unspecified atom stereocenters. The SMILES string of the molecule is Cn1cc(S(=O)c2ccc(Cl)cc2)c2ccc(F)cc21. The largest absolute Gasteiger partial charge is 0.349 e. The molecule has 3 aromatic rings. The molecule has 0 saturated carbocycles.